The lowest BCUT2D eigenvalue weighted by Gasteiger charge is -2.41. The summed E-state index contributed by atoms with van der Waals surface area (Å²) in [7, 11) is 2.40. The Balaban J connectivity index is 1.04. The van der Waals surface area contributed by atoms with Gasteiger partial charge in [0.05, 0.1) is 23.8 Å². The molecule has 0 unspecified atom stereocenters. The number of rotatable bonds is 27. The third kappa shape index (κ3) is 23.0. The normalized spacial score (nSPS) is 25.2. The lowest BCUT2D eigenvalue weighted by molar-refractivity contribution is -0.277. The minimum Gasteiger partial charge on any atom is -0.508 e. The molecule has 2 saturated heterocycles. The molecule has 134 heavy (non-hydrogen) atoms. The lowest BCUT2D eigenvalue weighted by Crippen LogP contribution is -2.66. The number of carbonyl (C=O) groups is 9. The molecule has 8 amide bonds. The number of unbranched alkanes of at least 4 members (excludes halogenated alkanes) is 4. The molecule has 0 aliphatic carbocycles. The molecule has 8 aliphatic heterocycles. The Hall–Kier alpha value is -12.0. The van der Waals surface area contributed by atoms with Crippen molar-refractivity contribution >= 4 is 76.4 Å². The number of benzene rings is 7. The van der Waals surface area contributed by atoms with E-state index in [0.29, 0.717) is 69.9 Å². The molecule has 24 N–H and O–H groups in total. The Labute approximate surface area is 778 Å². The van der Waals surface area contributed by atoms with Crippen molar-refractivity contribution in [1.29, 1.82) is 0 Å². The molecule has 8 aliphatic rings. The number of methoxy groups -OCH3 is 1. The predicted molar refractivity (Wildman–Crippen MR) is 477 cm³/mol. The van der Waals surface area contributed by atoms with Crippen LogP contribution in [0.2, 0.25) is 10.0 Å². The van der Waals surface area contributed by atoms with Gasteiger partial charge in [0.25, 0.3) is 0 Å². The van der Waals surface area contributed by atoms with Crippen molar-refractivity contribution in [2.75, 3.05) is 60.0 Å². The number of aliphatic hydroxyl groups excluding tert-OH is 7. The topological polar surface area (TPSA) is 614 Å². The van der Waals surface area contributed by atoms with Crippen molar-refractivity contribution in [2.24, 2.45) is 17.4 Å². The number of aliphatic hydroxyl groups is 7. The minimum atomic E-state index is -2.45. The zero-order chi connectivity index (χ0) is 96.2. The Morgan fingerprint density at radius 3 is 1.90 bits per heavy atom. The number of fused-ring (bicyclic) bond motifs is 14. The van der Waals surface area contributed by atoms with Crippen LogP contribution in [0, 0.1) is 5.92 Å². The van der Waals surface area contributed by atoms with Crippen molar-refractivity contribution in [2.45, 2.75) is 194 Å². The van der Waals surface area contributed by atoms with Gasteiger partial charge in [-0.2, -0.15) is 0 Å². The molecule has 8 heterocycles. The summed E-state index contributed by atoms with van der Waals surface area (Å²) in [6.45, 7) is 5.36. The van der Waals surface area contributed by atoms with Crippen LogP contribution >= 0.6 is 23.2 Å². The molecule has 17 bridgehead atoms. The number of esters is 1. The summed E-state index contributed by atoms with van der Waals surface area (Å²) in [5, 5.41) is 152. The van der Waals surface area contributed by atoms with E-state index in [1.54, 1.807) is 0 Å². The largest absolute Gasteiger partial charge is 0.508 e. The number of hydrogen-bond donors (Lipinski definition) is 22. The number of phenols is 4. The standard InChI is InChI=1S/C92H110Cl2N12O28/c1-42(2)13-8-6-5-7-9-14-65(112)100-74-77(115)79(117)82(90(126)127-4)134-91(74)133-81-62-35-47-36-63(81)130-59-24-19-46(33-54(59)93)75(113)73-89(125)104-71(84(120)98-27-12-30-106(28-10-25-95)29-11-26-96)52-37-48(108)38-61(131-92-80(118)78(116)76(114)64(41-107)132-92)66(52)51-32-44(17-22-56(51)109)69(86(122)105-73)101-87(123)70(47)102-88(124)72-53-39-50(40-58(111)67(53)94)129-60-34-45(18-23-57(60)110)68(97-3)85(121)99-55(83(119)103-72)31-43-15-20-49(128-62)21-16-43/h15-24,32-40,42,55,64,68-80,82,91-92,97,107-111,113-118H,5-14,25-31,41,95-96H2,1-4H3,(H,98,120)(H,99,121)(H,100,112)(H,101,123)(H,102,124)(H,103,119)(H,104,125)(H,105,122)/t55-,64-,68+,69-,70-,71-,72+,73+,74-,75-,76-,77-,78+,79+,80+,82+,91-,92+/m1/s1. The first-order chi connectivity index (χ1) is 64.2. The number of phenolic OH excluding ortho intramolecular Hbond substituents is 4. The lowest BCUT2D eigenvalue weighted by atomic mass is 9.89. The number of amides is 8. The second-order valence-electron chi connectivity index (χ2n) is 33.9. The third-order valence-electron chi connectivity index (χ3n) is 23.9. The van der Waals surface area contributed by atoms with E-state index in [2.05, 4.69) is 66.6 Å². The van der Waals surface area contributed by atoms with E-state index >= 15 is 28.8 Å². The van der Waals surface area contributed by atoms with Crippen molar-refractivity contribution < 1.29 is 137 Å². The zero-order valence-corrected chi connectivity index (χ0v) is 74.9. The number of hydrogen-bond acceptors (Lipinski definition) is 32. The van der Waals surface area contributed by atoms with Gasteiger partial charge in [-0.15, -0.1) is 0 Å². The van der Waals surface area contributed by atoms with Gasteiger partial charge in [0.15, 0.2) is 29.1 Å². The molecule has 7 aromatic carbocycles. The first kappa shape index (κ1) is 99.5. The summed E-state index contributed by atoms with van der Waals surface area (Å²) in [6.07, 6.45) is -15.2. The van der Waals surface area contributed by atoms with Crippen LogP contribution in [0.1, 0.15) is 153 Å². The molecule has 7 aromatic rings. The molecule has 0 spiro atoms. The first-order valence-electron chi connectivity index (χ1n) is 43.9. The molecule has 720 valence electrons. The van der Waals surface area contributed by atoms with Crippen molar-refractivity contribution in [3.63, 3.8) is 0 Å². The molecule has 2 fully saturated rings. The molecule has 42 heteroatoms. The van der Waals surface area contributed by atoms with Crippen LogP contribution in [0.4, 0.5) is 0 Å². The molecule has 0 radical (unpaired) electrons. The number of nitrogens with zero attached hydrogens (tertiary/aromatic N) is 1. The molecule has 15 rings (SSSR count). The van der Waals surface area contributed by atoms with Crippen LogP contribution in [0.15, 0.2) is 115 Å². The monoisotopic (exact) mass is 1900 g/mol. The smallest absolute Gasteiger partial charge is 0.337 e. The predicted octanol–water partition coefficient (Wildman–Crippen LogP) is 3.30. The maximum atomic E-state index is 16.9. The van der Waals surface area contributed by atoms with Crippen molar-refractivity contribution in [1.82, 2.24) is 52.8 Å². The van der Waals surface area contributed by atoms with Crippen LogP contribution in [-0.2, 0) is 63.8 Å². The van der Waals surface area contributed by atoms with Gasteiger partial charge >= 0.3 is 5.97 Å². The summed E-state index contributed by atoms with van der Waals surface area (Å²) in [5.74, 6) is -16.8. The Morgan fingerprint density at radius 1 is 0.560 bits per heavy atom. The SMILES string of the molecule is CN[C@@H]1C(=O)N[C@@H]2Cc3ccc(cc3)Oc3cc4cc(c3O[C@@H]3O[C@H](C(=O)OC)[C@@H](O)[C@H](O)[C@H]3NC(=O)CCCCCCCC(C)C)Oc3ccc(cc3Cl)[C@@H](O)[C@@H]3NC(=O)[C@H](NC(=O)[C@@H]4NC(=O)[C@@H](NC2=O)c2cc(cc(O)c2Cl)Oc2cc1ccc2O)c1ccc(O)c(c1)-c1c(O[C@H]2O[C@H](CO)[C@@H](O)[C@H](O)[C@@H]2O)cc(O)cc1[C@H](C(=O)NCCCN(CCCN)CCCN)NC3=O. The van der Waals surface area contributed by atoms with Gasteiger partial charge in [0.2, 0.25) is 65.6 Å². The van der Waals surface area contributed by atoms with Gasteiger partial charge in [-0.3, -0.25) is 38.4 Å². The van der Waals surface area contributed by atoms with Crippen LogP contribution in [0.3, 0.4) is 0 Å². The van der Waals surface area contributed by atoms with E-state index in [1.165, 1.54) is 55.6 Å². The van der Waals surface area contributed by atoms with Gasteiger partial charge in [0, 0.05) is 48.2 Å². The average molecular weight is 1900 g/mol. The van der Waals surface area contributed by atoms with E-state index < -0.39 is 271 Å². The highest BCUT2D eigenvalue weighted by Crippen LogP contribution is 2.51. The number of halogens is 2. The first-order valence-corrected chi connectivity index (χ1v) is 44.7. The third-order valence-corrected chi connectivity index (χ3v) is 24.6. The minimum absolute atomic E-state index is 0.124. The highest BCUT2D eigenvalue weighted by molar-refractivity contribution is 6.33. The van der Waals surface area contributed by atoms with Crippen molar-refractivity contribution in [3.8, 4) is 80.1 Å². The van der Waals surface area contributed by atoms with E-state index in [4.69, 9.17) is 72.6 Å². The van der Waals surface area contributed by atoms with Crippen LogP contribution in [0.25, 0.3) is 11.1 Å². The second kappa shape index (κ2) is 44.5. The fraction of sp³-hybridized carbons (Fsp3) is 0.446. The number of ether oxygens (including phenoxy) is 8. The summed E-state index contributed by atoms with van der Waals surface area (Å²) in [4.78, 5) is 142. The second-order valence-corrected chi connectivity index (χ2v) is 34.6. The van der Waals surface area contributed by atoms with Crippen LogP contribution < -0.4 is 83.0 Å². The van der Waals surface area contributed by atoms with Gasteiger partial charge in [-0.25, -0.2) is 4.79 Å². The summed E-state index contributed by atoms with van der Waals surface area (Å²) >= 11 is 14.4. The zero-order valence-electron chi connectivity index (χ0n) is 73.4. The molecule has 0 aromatic heterocycles. The van der Waals surface area contributed by atoms with E-state index in [9.17, 15) is 70.6 Å². The van der Waals surface area contributed by atoms with Gasteiger partial charge in [-0.05, 0) is 178 Å². The van der Waals surface area contributed by atoms with E-state index in [0.717, 1.165) is 99.5 Å². The summed E-state index contributed by atoms with van der Waals surface area (Å²) in [5.41, 5.74) is 9.11. The molecular formula is C92H110Cl2N12O28. The quantitative estimate of drug-likeness (QED) is 0.0259. The summed E-state index contributed by atoms with van der Waals surface area (Å²) < 4.78 is 50.1. The van der Waals surface area contributed by atoms with Gasteiger partial charge in [0.1, 0.15) is 131 Å². The Bertz CT molecular complexity index is 5460. The van der Waals surface area contributed by atoms with E-state index in [-0.39, 0.29) is 47.8 Å². The van der Waals surface area contributed by atoms with Crippen LogP contribution in [0.5, 0.6) is 69.0 Å². The number of carbonyl (C=O) groups excluding carboxylic acids is 9. The van der Waals surface area contributed by atoms with Crippen molar-refractivity contribution in [3.05, 3.63) is 164 Å². The van der Waals surface area contributed by atoms with Gasteiger partial charge < -0.3 is 158 Å². The molecular weight excluding hydrogens is 1790 g/mol. The maximum Gasteiger partial charge on any atom is 0.337 e. The molecule has 0 saturated carbocycles. The fourth-order valence-corrected chi connectivity index (χ4v) is 17.2. The fourth-order valence-electron chi connectivity index (χ4n) is 16.7. The number of nitrogens with one attached hydrogen (secondary N) is 9. The number of nitrogens with two attached hydrogens (primary N) is 2. The number of likely N-dealkylation sites (N-methyl/N-ethyl adjacent to an activating group) is 1. The van der Waals surface area contributed by atoms with Gasteiger partial charge in [-0.1, -0.05) is 99.5 Å². The maximum absolute atomic E-state index is 16.9. The summed E-state index contributed by atoms with van der Waals surface area (Å²) in [6, 6.07) is 5.93. The highest BCUT2D eigenvalue weighted by atomic mass is 35.5. The molecule has 40 nitrogen and oxygen atoms in total. The van der Waals surface area contributed by atoms with Crippen LogP contribution in [-0.4, -0.2) is 248 Å². The highest BCUT2D eigenvalue weighted by Gasteiger charge is 2.52. The average Bonchev–Trinajstić information content (AvgIpc) is 0.762. The van der Waals surface area contributed by atoms with E-state index in [1.807, 2.05) is 0 Å². The molecule has 18 atom stereocenters. The Morgan fingerprint density at radius 2 is 1.20 bits per heavy atom. The Kier molecular flexibility index (Phi) is 33.0. The number of aromatic hydroxyl groups is 4.